The van der Waals surface area contributed by atoms with E-state index in [9.17, 15) is 18.0 Å². The fraction of sp³-hybridized carbons (Fsp3) is 0.500. The molecule has 0 unspecified atom stereocenters. The maximum Gasteiger partial charge on any atom is 0.321 e. The van der Waals surface area contributed by atoms with Crippen LogP contribution in [0.25, 0.3) is 0 Å². The van der Waals surface area contributed by atoms with E-state index < -0.39 is 28.5 Å². The van der Waals surface area contributed by atoms with E-state index in [1.165, 1.54) is 20.3 Å². The maximum absolute atomic E-state index is 13.0. The van der Waals surface area contributed by atoms with Gasteiger partial charge in [-0.05, 0) is 37.1 Å². The Labute approximate surface area is 147 Å². The van der Waals surface area contributed by atoms with E-state index in [2.05, 4.69) is 9.47 Å². The van der Waals surface area contributed by atoms with E-state index in [-0.39, 0.29) is 23.6 Å². The number of benzene rings is 1. The molecule has 0 saturated heterocycles. The number of hydrogen-bond acceptors (Lipinski definition) is 7. The lowest BCUT2D eigenvalue weighted by molar-refractivity contribution is -0.143. The number of methoxy groups -OCH3 is 3. The molecule has 1 aromatic carbocycles. The quantitative estimate of drug-likeness (QED) is 0.628. The summed E-state index contributed by atoms with van der Waals surface area (Å²) in [6.07, 6.45) is -0.195. The zero-order valence-corrected chi connectivity index (χ0v) is 15.8. The van der Waals surface area contributed by atoms with Crippen LogP contribution in [0.5, 0.6) is 5.75 Å². The van der Waals surface area contributed by atoms with Crippen LogP contribution in [0.2, 0.25) is 0 Å². The number of carbonyl (C=O) groups excluding carboxylic acids is 2. The molecule has 1 aromatic rings. The Morgan fingerprint density at radius 1 is 1.00 bits per heavy atom. The van der Waals surface area contributed by atoms with Gasteiger partial charge in [0.2, 0.25) is 10.0 Å². The van der Waals surface area contributed by atoms with Crippen LogP contribution in [0.4, 0.5) is 0 Å². The SMILES string of the molecule is COC(=O)CCN(CC(=O)OC)S(=O)(=O)c1cc(C)c(C)cc1OC. The van der Waals surface area contributed by atoms with Crippen LogP contribution in [0, 0.1) is 13.8 Å². The number of nitrogens with zero attached hydrogens (tertiary/aromatic N) is 1. The topological polar surface area (TPSA) is 99.2 Å². The number of rotatable bonds is 8. The molecule has 0 radical (unpaired) electrons. The van der Waals surface area contributed by atoms with Crippen molar-refractivity contribution < 1.29 is 32.2 Å². The number of ether oxygens (including phenoxy) is 3. The van der Waals surface area contributed by atoms with Crippen LogP contribution in [-0.4, -0.2) is 59.1 Å². The highest BCUT2D eigenvalue weighted by molar-refractivity contribution is 7.89. The van der Waals surface area contributed by atoms with Gasteiger partial charge in [-0.15, -0.1) is 0 Å². The molecule has 0 N–H and O–H groups in total. The molecule has 0 aliphatic rings. The first-order valence-corrected chi connectivity index (χ1v) is 8.90. The van der Waals surface area contributed by atoms with Gasteiger partial charge in [-0.1, -0.05) is 0 Å². The molecule has 0 aromatic heterocycles. The lowest BCUT2D eigenvalue weighted by Crippen LogP contribution is -2.38. The summed E-state index contributed by atoms with van der Waals surface area (Å²) >= 11 is 0. The number of sulfonamides is 1. The Hall–Kier alpha value is -2.13. The molecule has 0 aliphatic carbocycles. The lowest BCUT2D eigenvalue weighted by Gasteiger charge is -2.22. The Balaban J connectivity index is 3.32. The molecular weight excluding hydrogens is 350 g/mol. The first kappa shape index (κ1) is 20.9. The first-order valence-electron chi connectivity index (χ1n) is 7.46. The maximum atomic E-state index is 13.0. The number of carbonyl (C=O) groups is 2. The summed E-state index contributed by atoms with van der Waals surface area (Å²) in [5, 5.41) is 0. The molecule has 1 rings (SSSR count). The van der Waals surface area contributed by atoms with Crippen molar-refractivity contribution in [1.82, 2.24) is 4.31 Å². The van der Waals surface area contributed by atoms with Crippen LogP contribution >= 0.6 is 0 Å². The van der Waals surface area contributed by atoms with Gasteiger partial charge in [0.25, 0.3) is 0 Å². The molecule has 0 aliphatic heterocycles. The van der Waals surface area contributed by atoms with Gasteiger partial charge in [0, 0.05) is 6.54 Å². The van der Waals surface area contributed by atoms with Gasteiger partial charge in [0.15, 0.2) is 0 Å². The fourth-order valence-electron chi connectivity index (χ4n) is 2.07. The van der Waals surface area contributed by atoms with Gasteiger partial charge in [0.05, 0.1) is 27.8 Å². The van der Waals surface area contributed by atoms with Crippen molar-refractivity contribution in [3.63, 3.8) is 0 Å². The molecule has 140 valence electrons. The third-order valence-electron chi connectivity index (χ3n) is 3.72. The Morgan fingerprint density at radius 3 is 2.08 bits per heavy atom. The monoisotopic (exact) mass is 373 g/mol. The standard InChI is InChI=1S/C16H23NO7S/c1-11-8-13(22-3)14(9-12(11)2)25(20,21)17(10-16(19)24-5)7-6-15(18)23-4/h8-9H,6-7,10H2,1-5H3. The largest absolute Gasteiger partial charge is 0.495 e. The van der Waals surface area contributed by atoms with Crippen molar-refractivity contribution in [3.8, 4) is 5.75 Å². The lowest BCUT2D eigenvalue weighted by atomic mass is 10.1. The third kappa shape index (κ3) is 5.17. The summed E-state index contributed by atoms with van der Waals surface area (Å²) in [4.78, 5) is 22.9. The highest BCUT2D eigenvalue weighted by Gasteiger charge is 2.30. The highest BCUT2D eigenvalue weighted by atomic mass is 32.2. The summed E-state index contributed by atoms with van der Waals surface area (Å²) in [5.74, 6) is -1.16. The van der Waals surface area contributed by atoms with Gasteiger partial charge < -0.3 is 14.2 Å². The number of esters is 2. The average molecular weight is 373 g/mol. The average Bonchev–Trinajstić information content (AvgIpc) is 2.59. The molecule has 8 nitrogen and oxygen atoms in total. The van der Waals surface area contributed by atoms with Crippen molar-refractivity contribution in [2.45, 2.75) is 25.2 Å². The Morgan fingerprint density at radius 2 is 1.56 bits per heavy atom. The Bertz CT molecular complexity index is 743. The molecule has 0 saturated carbocycles. The minimum atomic E-state index is -4.09. The first-order chi connectivity index (χ1) is 11.7. The molecule has 0 amide bonds. The van der Waals surface area contributed by atoms with Crippen molar-refractivity contribution in [3.05, 3.63) is 23.3 Å². The fourth-order valence-corrected chi connectivity index (χ4v) is 3.68. The number of aryl methyl sites for hydroxylation is 2. The summed E-state index contributed by atoms with van der Waals surface area (Å²) in [7, 11) is -0.370. The van der Waals surface area contributed by atoms with Crippen LogP contribution in [0.1, 0.15) is 17.5 Å². The predicted molar refractivity (Wildman–Crippen MR) is 89.9 cm³/mol. The van der Waals surface area contributed by atoms with Crippen molar-refractivity contribution >= 4 is 22.0 Å². The van der Waals surface area contributed by atoms with Crippen LogP contribution < -0.4 is 4.74 Å². The van der Waals surface area contributed by atoms with E-state index in [1.807, 2.05) is 6.92 Å². The van der Waals surface area contributed by atoms with Gasteiger partial charge in [0.1, 0.15) is 17.2 Å². The van der Waals surface area contributed by atoms with Crippen LogP contribution in [0.3, 0.4) is 0 Å². The van der Waals surface area contributed by atoms with Gasteiger partial charge in [-0.25, -0.2) is 8.42 Å². The van der Waals surface area contributed by atoms with Crippen molar-refractivity contribution in [2.75, 3.05) is 34.4 Å². The predicted octanol–water partition coefficient (Wildman–Crippen LogP) is 1.04. The number of hydrogen-bond donors (Lipinski definition) is 0. The summed E-state index contributed by atoms with van der Waals surface area (Å²) in [5.41, 5.74) is 1.62. The summed E-state index contributed by atoms with van der Waals surface area (Å²) < 4.78 is 41.2. The minimum absolute atomic E-state index is 0.0770. The second-order valence-corrected chi connectivity index (χ2v) is 7.23. The third-order valence-corrected chi connectivity index (χ3v) is 5.59. The summed E-state index contributed by atoms with van der Waals surface area (Å²) in [6.45, 7) is 2.86. The second kappa shape index (κ2) is 8.82. The Kier molecular flexibility index (Phi) is 7.38. The van der Waals surface area contributed by atoms with Gasteiger partial charge >= 0.3 is 11.9 Å². The highest BCUT2D eigenvalue weighted by Crippen LogP contribution is 2.30. The van der Waals surface area contributed by atoms with Gasteiger partial charge in [-0.3, -0.25) is 9.59 Å². The molecule has 0 fully saturated rings. The van der Waals surface area contributed by atoms with E-state index in [0.29, 0.717) is 0 Å². The molecule has 25 heavy (non-hydrogen) atoms. The second-order valence-electron chi connectivity index (χ2n) is 5.33. The molecule has 0 heterocycles. The minimum Gasteiger partial charge on any atom is -0.495 e. The molecule has 9 heteroatoms. The zero-order valence-electron chi connectivity index (χ0n) is 15.0. The van der Waals surface area contributed by atoms with Crippen LogP contribution in [-0.2, 0) is 29.1 Å². The zero-order chi connectivity index (χ0) is 19.2. The van der Waals surface area contributed by atoms with Crippen molar-refractivity contribution in [2.24, 2.45) is 0 Å². The molecule has 0 atom stereocenters. The van der Waals surface area contributed by atoms with E-state index >= 15 is 0 Å². The van der Waals surface area contributed by atoms with Crippen LogP contribution in [0.15, 0.2) is 17.0 Å². The van der Waals surface area contributed by atoms with E-state index in [4.69, 9.17) is 4.74 Å². The molecule has 0 spiro atoms. The van der Waals surface area contributed by atoms with E-state index in [1.54, 1.807) is 13.0 Å². The van der Waals surface area contributed by atoms with Gasteiger partial charge in [-0.2, -0.15) is 4.31 Å². The van der Waals surface area contributed by atoms with Crippen molar-refractivity contribution in [1.29, 1.82) is 0 Å². The normalized spacial score (nSPS) is 11.3. The summed E-state index contributed by atoms with van der Waals surface area (Å²) in [6, 6.07) is 3.09. The molecular formula is C16H23NO7S. The smallest absolute Gasteiger partial charge is 0.321 e. The van der Waals surface area contributed by atoms with E-state index in [0.717, 1.165) is 22.5 Å². The molecule has 0 bridgehead atoms.